The molecular weight excluding hydrogens is 117 g/mol. The second-order valence-electron chi connectivity index (χ2n) is 1.75. The van der Waals surface area contributed by atoms with Gasteiger partial charge in [0.05, 0.1) is 0 Å². The normalized spacial score (nSPS) is 17.2. The molecule has 1 aliphatic heterocycles. The topological polar surface area (TPSA) is 37.4 Å². The molecule has 0 fully saturated rings. The highest BCUT2D eigenvalue weighted by molar-refractivity contribution is 6.44. The molecule has 0 spiro atoms. The summed E-state index contributed by atoms with van der Waals surface area (Å²) in [7, 11) is 0.463. The summed E-state index contributed by atoms with van der Waals surface area (Å²) in [5, 5.41) is 0. The molecule has 0 aromatic rings. The fourth-order valence-corrected chi connectivity index (χ4v) is 0.743. The van der Waals surface area contributed by atoms with E-state index in [4.69, 9.17) is 0 Å². The summed E-state index contributed by atoms with van der Waals surface area (Å²) in [5.74, 6) is -0.412. The summed E-state index contributed by atoms with van der Waals surface area (Å²) in [6.45, 7) is 1.77. The van der Waals surface area contributed by atoms with Crippen molar-refractivity contribution in [1.29, 1.82) is 0 Å². The lowest BCUT2D eigenvalue weighted by Crippen LogP contribution is -2.31. The second-order valence-corrected chi connectivity index (χ2v) is 1.75. The quantitative estimate of drug-likeness (QED) is 0.341. The average Bonchev–Trinajstić information content (AvgIpc) is 2.12. The number of hydrogen-bond donors (Lipinski definition) is 0. The van der Waals surface area contributed by atoms with Gasteiger partial charge in [-0.15, -0.1) is 0 Å². The predicted octanol–water partition coefficient (Wildman–Crippen LogP) is -0.689. The first kappa shape index (κ1) is 6.07. The van der Waals surface area contributed by atoms with Crippen molar-refractivity contribution in [1.82, 2.24) is 4.81 Å². The fraction of sp³-hybridized carbons (Fsp3) is 0.200. The molecule has 2 amide bonds. The molecule has 1 rings (SSSR count). The van der Waals surface area contributed by atoms with Crippen molar-refractivity contribution in [2.75, 3.05) is 0 Å². The van der Waals surface area contributed by atoms with Gasteiger partial charge in [0.15, 0.2) is 0 Å². The Hall–Kier alpha value is -1.06. The van der Waals surface area contributed by atoms with Crippen molar-refractivity contribution >= 4 is 19.2 Å². The van der Waals surface area contributed by atoms with E-state index in [1.807, 2.05) is 0 Å². The maximum Gasteiger partial charge on any atom is 0.247 e. The molecule has 0 saturated heterocycles. The standard InChI is InChI=1S/C5H6BNO2/c1-6-7-4(8)2-3-5(7)9/h2-3,6H,1H3. The van der Waals surface area contributed by atoms with Crippen LogP contribution in [0.3, 0.4) is 0 Å². The Morgan fingerprint density at radius 1 is 1.33 bits per heavy atom. The molecule has 0 unspecified atom stereocenters. The molecule has 9 heavy (non-hydrogen) atoms. The molecule has 0 atom stereocenters. The van der Waals surface area contributed by atoms with E-state index in [-0.39, 0.29) is 11.8 Å². The highest BCUT2D eigenvalue weighted by atomic mass is 16.2. The SMILES string of the molecule is CBN1C(=O)C=CC1=O. The zero-order valence-electron chi connectivity index (χ0n) is 5.13. The first-order chi connectivity index (χ1) is 4.25. The minimum Gasteiger partial charge on any atom is -0.326 e. The highest BCUT2D eigenvalue weighted by Crippen LogP contribution is 1.99. The van der Waals surface area contributed by atoms with E-state index >= 15 is 0 Å². The second kappa shape index (κ2) is 2.05. The van der Waals surface area contributed by atoms with Crippen LogP contribution >= 0.6 is 0 Å². The van der Waals surface area contributed by atoms with Gasteiger partial charge in [0, 0.05) is 12.2 Å². The van der Waals surface area contributed by atoms with Crippen LogP contribution in [0.1, 0.15) is 0 Å². The average molecular weight is 123 g/mol. The van der Waals surface area contributed by atoms with Gasteiger partial charge in [0.2, 0.25) is 19.2 Å². The van der Waals surface area contributed by atoms with E-state index in [0.717, 1.165) is 0 Å². The number of imide groups is 1. The maximum atomic E-state index is 10.6. The number of carbonyl (C=O) groups excluding carboxylic acids is 2. The van der Waals surface area contributed by atoms with Crippen molar-refractivity contribution in [2.45, 2.75) is 6.82 Å². The Labute approximate surface area is 53.6 Å². The van der Waals surface area contributed by atoms with Crippen molar-refractivity contribution in [3.63, 3.8) is 0 Å². The van der Waals surface area contributed by atoms with Gasteiger partial charge >= 0.3 is 0 Å². The van der Waals surface area contributed by atoms with Crippen LogP contribution in [0.5, 0.6) is 0 Å². The molecule has 0 saturated carbocycles. The van der Waals surface area contributed by atoms with Crippen LogP contribution in [0.4, 0.5) is 0 Å². The number of amides is 2. The zero-order chi connectivity index (χ0) is 6.85. The number of carbonyl (C=O) groups is 2. The Bertz CT molecular complexity index is 169. The van der Waals surface area contributed by atoms with Gasteiger partial charge in [-0.2, -0.15) is 0 Å². The minimum atomic E-state index is -0.206. The Morgan fingerprint density at radius 2 is 1.78 bits per heavy atom. The van der Waals surface area contributed by atoms with Crippen LogP contribution in [0, 0.1) is 0 Å². The van der Waals surface area contributed by atoms with Crippen LogP contribution in [0.15, 0.2) is 12.2 Å². The molecule has 3 nitrogen and oxygen atoms in total. The van der Waals surface area contributed by atoms with Crippen molar-refractivity contribution in [2.24, 2.45) is 0 Å². The third kappa shape index (κ3) is 0.873. The molecule has 0 aromatic carbocycles. The molecule has 4 heteroatoms. The first-order valence-electron chi connectivity index (χ1n) is 2.79. The van der Waals surface area contributed by atoms with Gasteiger partial charge in [0.25, 0.3) is 0 Å². The van der Waals surface area contributed by atoms with E-state index in [9.17, 15) is 9.59 Å². The maximum absolute atomic E-state index is 10.6. The van der Waals surface area contributed by atoms with E-state index in [1.165, 1.54) is 17.0 Å². The van der Waals surface area contributed by atoms with Gasteiger partial charge in [0.1, 0.15) is 0 Å². The lowest BCUT2D eigenvalue weighted by Gasteiger charge is -2.07. The summed E-state index contributed by atoms with van der Waals surface area (Å²) >= 11 is 0. The lowest BCUT2D eigenvalue weighted by atomic mass is 9.97. The zero-order valence-corrected chi connectivity index (χ0v) is 5.13. The molecular formula is C5H6BNO2. The summed E-state index contributed by atoms with van der Waals surface area (Å²) in [5.41, 5.74) is 0. The number of hydrogen-bond acceptors (Lipinski definition) is 2. The van der Waals surface area contributed by atoms with Crippen LogP contribution in [0.2, 0.25) is 6.82 Å². The fourth-order valence-electron chi connectivity index (χ4n) is 0.743. The Balaban J connectivity index is 2.75. The summed E-state index contributed by atoms with van der Waals surface area (Å²) in [6.07, 6.45) is 2.57. The van der Waals surface area contributed by atoms with Gasteiger partial charge in [-0.3, -0.25) is 9.59 Å². The van der Waals surface area contributed by atoms with Crippen molar-refractivity contribution in [3.05, 3.63) is 12.2 Å². The van der Waals surface area contributed by atoms with E-state index in [0.29, 0.717) is 7.41 Å². The van der Waals surface area contributed by atoms with E-state index in [1.54, 1.807) is 6.82 Å². The first-order valence-corrected chi connectivity index (χ1v) is 2.79. The Morgan fingerprint density at radius 3 is 2.00 bits per heavy atom. The van der Waals surface area contributed by atoms with Crippen molar-refractivity contribution < 1.29 is 9.59 Å². The van der Waals surface area contributed by atoms with Crippen LogP contribution < -0.4 is 0 Å². The van der Waals surface area contributed by atoms with Gasteiger partial charge in [-0.25, -0.2) is 0 Å². The minimum absolute atomic E-state index is 0.206. The molecule has 1 aliphatic rings. The lowest BCUT2D eigenvalue weighted by molar-refractivity contribution is -0.131. The highest BCUT2D eigenvalue weighted by Gasteiger charge is 2.20. The van der Waals surface area contributed by atoms with Crippen LogP contribution in [0.25, 0.3) is 0 Å². The van der Waals surface area contributed by atoms with Gasteiger partial charge in [-0.05, 0) is 0 Å². The largest absolute Gasteiger partial charge is 0.326 e. The molecule has 0 aromatic heterocycles. The van der Waals surface area contributed by atoms with E-state index in [2.05, 4.69) is 0 Å². The molecule has 0 radical (unpaired) electrons. The smallest absolute Gasteiger partial charge is 0.247 e. The summed E-state index contributed by atoms with van der Waals surface area (Å²) < 4.78 is 0. The van der Waals surface area contributed by atoms with E-state index < -0.39 is 0 Å². The molecule has 0 bridgehead atoms. The summed E-state index contributed by atoms with van der Waals surface area (Å²) in [4.78, 5) is 22.4. The number of nitrogens with zero attached hydrogens (tertiary/aromatic N) is 1. The van der Waals surface area contributed by atoms with Gasteiger partial charge < -0.3 is 4.81 Å². The monoisotopic (exact) mass is 123 g/mol. The Kier molecular flexibility index (Phi) is 1.38. The van der Waals surface area contributed by atoms with Gasteiger partial charge in [-0.1, -0.05) is 6.82 Å². The summed E-state index contributed by atoms with van der Waals surface area (Å²) in [6, 6.07) is 0. The number of rotatable bonds is 1. The molecule has 0 N–H and O–H groups in total. The van der Waals surface area contributed by atoms with Crippen molar-refractivity contribution in [3.8, 4) is 0 Å². The van der Waals surface area contributed by atoms with Crippen LogP contribution in [-0.4, -0.2) is 24.0 Å². The molecule has 46 valence electrons. The predicted molar refractivity (Wildman–Crippen MR) is 34.0 cm³/mol. The third-order valence-electron chi connectivity index (χ3n) is 1.22. The molecule has 1 heterocycles. The third-order valence-corrected chi connectivity index (χ3v) is 1.22. The van der Waals surface area contributed by atoms with Crippen LogP contribution in [-0.2, 0) is 9.59 Å². The molecule has 0 aliphatic carbocycles.